The first-order chi connectivity index (χ1) is 14.6. The molecule has 4 aromatic rings. The number of rotatable bonds is 6. The summed E-state index contributed by atoms with van der Waals surface area (Å²) in [5.41, 5.74) is 2.96. The molecule has 0 spiro atoms. The van der Waals surface area contributed by atoms with E-state index in [2.05, 4.69) is 4.98 Å². The number of carbonyl (C=O) groups is 1. The molecule has 0 saturated heterocycles. The van der Waals surface area contributed by atoms with Gasteiger partial charge in [0.25, 0.3) is 5.91 Å². The van der Waals surface area contributed by atoms with E-state index in [9.17, 15) is 4.79 Å². The van der Waals surface area contributed by atoms with Gasteiger partial charge >= 0.3 is 0 Å². The Morgan fingerprint density at radius 1 is 1.07 bits per heavy atom. The molecule has 30 heavy (non-hydrogen) atoms. The van der Waals surface area contributed by atoms with Gasteiger partial charge in [-0.05, 0) is 48.5 Å². The Labute approximate surface area is 179 Å². The van der Waals surface area contributed by atoms with Crippen molar-refractivity contribution in [1.82, 2.24) is 14.9 Å². The maximum atomic E-state index is 13.2. The Hall–Kier alpha value is -3.44. The van der Waals surface area contributed by atoms with E-state index in [1.54, 1.807) is 48.6 Å². The van der Waals surface area contributed by atoms with Crippen LogP contribution in [0.2, 0.25) is 5.02 Å². The summed E-state index contributed by atoms with van der Waals surface area (Å²) in [6.07, 6.45) is 3.46. The van der Waals surface area contributed by atoms with E-state index in [1.165, 1.54) is 0 Å². The first kappa shape index (κ1) is 19.9. The van der Waals surface area contributed by atoms with Crippen molar-refractivity contribution in [2.45, 2.75) is 0 Å². The number of nitrogens with zero attached hydrogens (tertiary/aromatic N) is 3. The number of carbonyl (C=O) groups excluding carboxylic acids is 1. The Bertz CT molecular complexity index is 1160. The summed E-state index contributed by atoms with van der Waals surface area (Å²) in [4.78, 5) is 23.8. The monoisotopic (exact) mass is 417 g/mol. The molecule has 0 bridgehead atoms. The summed E-state index contributed by atoms with van der Waals surface area (Å²) in [5.74, 6) is 0.631. The number of fused-ring (bicyclic) bond motifs is 1. The van der Waals surface area contributed by atoms with Crippen LogP contribution >= 0.6 is 11.6 Å². The lowest BCUT2D eigenvalue weighted by Crippen LogP contribution is -2.31. The molecule has 2 aromatic carbocycles. The summed E-state index contributed by atoms with van der Waals surface area (Å²) in [6.45, 7) is 0.822. The third-order valence-corrected chi connectivity index (χ3v) is 5.01. The van der Waals surface area contributed by atoms with Crippen molar-refractivity contribution in [1.29, 1.82) is 0 Å². The minimum absolute atomic E-state index is 0.0848. The van der Waals surface area contributed by atoms with Gasteiger partial charge in [0.1, 0.15) is 12.4 Å². The van der Waals surface area contributed by atoms with Crippen LogP contribution in [0.25, 0.3) is 22.2 Å². The molecular weight excluding hydrogens is 398 g/mol. The Kier molecular flexibility index (Phi) is 5.91. The maximum Gasteiger partial charge on any atom is 0.254 e. The highest BCUT2D eigenvalue weighted by atomic mass is 35.5. The first-order valence-corrected chi connectivity index (χ1v) is 9.93. The Morgan fingerprint density at radius 2 is 1.87 bits per heavy atom. The van der Waals surface area contributed by atoms with Crippen LogP contribution in [0.3, 0.4) is 0 Å². The van der Waals surface area contributed by atoms with Gasteiger partial charge in [-0.3, -0.25) is 9.78 Å². The Morgan fingerprint density at radius 3 is 2.63 bits per heavy atom. The number of amides is 1. The van der Waals surface area contributed by atoms with Gasteiger partial charge in [0, 0.05) is 35.4 Å². The van der Waals surface area contributed by atoms with Crippen molar-refractivity contribution in [3.63, 3.8) is 0 Å². The zero-order valence-electron chi connectivity index (χ0n) is 16.5. The molecule has 5 nitrogen and oxygen atoms in total. The summed E-state index contributed by atoms with van der Waals surface area (Å²) in [5, 5.41) is 1.48. The van der Waals surface area contributed by atoms with Crippen molar-refractivity contribution in [3.05, 3.63) is 89.7 Å². The van der Waals surface area contributed by atoms with Gasteiger partial charge < -0.3 is 9.64 Å². The lowest BCUT2D eigenvalue weighted by Gasteiger charge is -2.19. The predicted molar refractivity (Wildman–Crippen MR) is 119 cm³/mol. The van der Waals surface area contributed by atoms with E-state index in [4.69, 9.17) is 21.3 Å². The third kappa shape index (κ3) is 4.42. The summed E-state index contributed by atoms with van der Waals surface area (Å²) in [6, 6.07) is 20.4. The Balaban J connectivity index is 1.56. The zero-order chi connectivity index (χ0) is 20.9. The van der Waals surface area contributed by atoms with Crippen LogP contribution in [0.15, 0.2) is 79.1 Å². The van der Waals surface area contributed by atoms with Gasteiger partial charge in [0.15, 0.2) is 0 Å². The molecule has 1 amide bonds. The predicted octanol–water partition coefficient (Wildman–Crippen LogP) is 5.10. The van der Waals surface area contributed by atoms with Crippen molar-refractivity contribution in [2.24, 2.45) is 0 Å². The average Bonchev–Trinajstić information content (AvgIpc) is 2.79. The fourth-order valence-electron chi connectivity index (χ4n) is 3.15. The van der Waals surface area contributed by atoms with E-state index in [-0.39, 0.29) is 5.91 Å². The van der Waals surface area contributed by atoms with Gasteiger partial charge in [-0.2, -0.15) is 0 Å². The maximum absolute atomic E-state index is 13.2. The molecule has 0 saturated carbocycles. The minimum atomic E-state index is -0.0848. The number of likely N-dealkylation sites (N-methyl/N-ethyl adjacent to an activating group) is 1. The van der Waals surface area contributed by atoms with Crippen molar-refractivity contribution in [3.8, 4) is 17.0 Å². The molecular formula is C24H20ClN3O2. The van der Waals surface area contributed by atoms with Crippen molar-refractivity contribution in [2.75, 3.05) is 20.2 Å². The lowest BCUT2D eigenvalue weighted by atomic mass is 10.0. The second kappa shape index (κ2) is 8.93. The number of halogens is 1. The third-order valence-electron chi connectivity index (χ3n) is 4.76. The molecule has 2 aromatic heterocycles. The number of hydrogen-bond donors (Lipinski definition) is 0. The normalized spacial score (nSPS) is 10.7. The highest BCUT2D eigenvalue weighted by Crippen LogP contribution is 2.25. The molecule has 0 radical (unpaired) electrons. The standard InChI is InChI=1S/C24H20ClN3O2/c1-28(13-14-30-19-10-8-18(25)9-11-19)24(29)21-15-23(17-5-4-12-26-16-17)27-22-7-3-2-6-20(21)22/h2-12,15-16H,13-14H2,1H3. The highest BCUT2D eigenvalue weighted by Gasteiger charge is 2.17. The summed E-state index contributed by atoms with van der Waals surface area (Å²) < 4.78 is 5.73. The molecule has 0 N–H and O–H groups in total. The van der Waals surface area contributed by atoms with E-state index in [0.717, 1.165) is 22.2 Å². The van der Waals surface area contributed by atoms with Crippen LogP contribution in [0, 0.1) is 0 Å². The highest BCUT2D eigenvalue weighted by molar-refractivity contribution is 6.30. The zero-order valence-corrected chi connectivity index (χ0v) is 17.2. The van der Waals surface area contributed by atoms with Gasteiger partial charge in [-0.25, -0.2) is 4.98 Å². The second-order valence-electron chi connectivity index (χ2n) is 6.84. The number of ether oxygens (including phenoxy) is 1. The van der Waals surface area contributed by atoms with Crippen LogP contribution in [0.5, 0.6) is 5.75 Å². The van der Waals surface area contributed by atoms with Crippen LogP contribution in [-0.4, -0.2) is 41.0 Å². The van der Waals surface area contributed by atoms with Crippen LogP contribution < -0.4 is 4.74 Å². The number of hydrogen-bond acceptors (Lipinski definition) is 4. The fourth-order valence-corrected chi connectivity index (χ4v) is 3.28. The largest absolute Gasteiger partial charge is 0.492 e. The van der Waals surface area contributed by atoms with E-state index < -0.39 is 0 Å². The number of pyridine rings is 2. The van der Waals surface area contributed by atoms with Gasteiger partial charge in [-0.1, -0.05) is 29.8 Å². The van der Waals surface area contributed by atoms with Crippen molar-refractivity contribution < 1.29 is 9.53 Å². The molecule has 6 heteroatoms. The SMILES string of the molecule is CN(CCOc1ccc(Cl)cc1)C(=O)c1cc(-c2cccnc2)nc2ccccc12. The molecule has 0 aliphatic heterocycles. The number of aromatic nitrogens is 2. The van der Waals surface area contributed by atoms with Gasteiger partial charge in [0.2, 0.25) is 0 Å². The number of benzene rings is 2. The average molecular weight is 418 g/mol. The second-order valence-corrected chi connectivity index (χ2v) is 7.28. The quantitative estimate of drug-likeness (QED) is 0.438. The fraction of sp³-hybridized carbons (Fsp3) is 0.125. The van der Waals surface area contributed by atoms with E-state index >= 15 is 0 Å². The van der Waals surface area contributed by atoms with Crippen LogP contribution in [-0.2, 0) is 0 Å². The molecule has 0 aliphatic carbocycles. The van der Waals surface area contributed by atoms with Crippen LogP contribution in [0.1, 0.15) is 10.4 Å². The molecule has 0 fully saturated rings. The minimum Gasteiger partial charge on any atom is -0.492 e. The molecule has 0 aliphatic rings. The van der Waals surface area contributed by atoms with Gasteiger partial charge in [-0.15, -0.1) is 0 Å². The van der Waals surface area contributed by atoms with Crippen molar-refractivity contribution >= 4 is 28.4 Å². The number of para-hydroxylation sites is 1. The van der Waals surface area contributed by atoms with E-state index in [0.29, 0.717) is 29.5 Å². The lowest BCUT2D eigenvalue weighted by molar-refractivity contribution is 0.0775. The van der Waals surface area contributed by atoms with E-state index in [1.807, 2.05) is 42.5 Å². The smallest absolute Gasteiger partial charge is 0.254 e. The van der Waals surface area contributed by atoms with Gasteiger partial charge in [0.05, 0.1) is 23.3 Å². The molecule has 0 atom stereocenters. The first-order valence-electron chi connectivity index (χ1n) is 9.56. The summed E-state index contributed by atoms with van der Waals surface area (Å²) >= 11 is 5.89. The van der Waals surface area contributed by atoms with Crippen LogP contribution in [0.4, 0.5) is 0 Å². The molecule has 4 rings (SSSR count). The molecule has 150 valence electrons. The topological polar surface area (TPSA) is 55.3 Å². The summed E-state index contributed by atoms with van der Waals surface area (Å²) in [7, 11) is 1.77. The molecule has 2 heterocycles. The molecule has 0 unspecified atom stereocenters.